The number of hydrogen-bond acceptors (Lipinski definition) is 8. The summed E-state index contributed by atoms with van der Waals surface area (Å²) in [6, 6.07) is 14.0. The highest BCUT2D eigenvalue weighted by molar-refractivity contribution is 8.01. The van der Waals surface area contributed by atoms with Crippen molar-refractivity contribution in [3.05, 3.63) is 53.6 Å². The summed E-state index contributed by atoms with van der Waals surface area (Å²) in [5.41, 5.74) is 1.32. The molecule has 2 heterocycles. The first-order valence-corrected chi connectivity index (χ1v) is 12.4. The van der Waals surface area contributed by atoms with E-state index in [1.54, 1.807) is 60.5 Å². The number of rotatable bonds is 8. The molecule has 1 aliphatic heterocycles. The van der Waals surface area contributed by atoms with Gasteiger partial charge in [-0.1, -0.05) is 40.8 Å². The zero-order valence-corrected chi connectivity index (χ0v) is 20.4. The molecule has 0 saturated carbocycles. The lowest BCUT2D eigenvalue weighted by molar-refractivity contribution is -0.122. The topological polar surface area (TPSA) is 114 Å². The molecule has 12 heteroatoms. The molecule has 176 valence electrons. The van der Waals surface area contributed by atoms with Gasteiger partial charge in [0.25, 0.3) is 0 Å². The number of aromatic nitrogens is 2. The number of hydrogen-bond donors (Lipinski definition) is 2. The summed E-state index contributed by atoms with van der Waals surface area (Å²) in [4.78, 5) is 38.9. The predicted molar refractivity (Wildman–Crippen MR) is 133 cm³/mol. The van der Waals surface area contributed by atoms with Gasteiger partial charge < -0.3 is 20.3 Å². The third-order valence-electron chi connectivity index (χ3n) is 4.95. The maximum atomic E-state index is 12.7. The Kier molecular flexibility index (Phi) is 7.66. The Hall–Kier alpha value is -3.15. The summed E-state index contributed by atoms with van der Waals surface area (Å²) in [6.07, 6.45) is 0.113. The van der Waals surface area contributed by atoms with E-state index < -0.39 is 5.92 Å². The van der Waals surface area contributed by atoms with Crippen LogP contribution in [0.15, 0.2) is 52.9 Å². The van der Waals surface area contributed by atoms with Crippen molar-refractivity contribution < 1.29 is 19.1 Å². The standard InChI is InChI=1S/C22H20ClN5O4S2/c1-32-17-7-5-16(6-8-17)28-11-13(9-19(28)30)20(31)25-21-26-27-22(34-21)33-12-18(29)24-15-4-2-3-14(23)10-15/h2-8,10,13H,9,11-12H2,1H3,(H,24,29)(H,25,26,31). The summed E-state index contributed by atoms with van der Waals surface area (Å²) >= 11 is 8.29. The number of benzene rings is 2. The van der Waals surface area contributed by atoms with E-state index in [-0.39, 0.29) is 36.4 Å². The lowest BCUT2D eigenvalue weighted by Crippen LogP contribution is -2.28. The van der Waals surface area contributed by atoms with Crippen LogP contribution in [0.25, 0.3) is 0 Å². The van der Waals surface area contributed by atoms with Gasteiger partial charge in [0, 0.05) is 29.4 Å². The third-order valence-corrected chi connectivity index (χ3v) is 7.16. The molecule has 1 saturated heterocycles. The van der Waals surface area contributed by atoms with Gasteiger partial charge in [-0.15, -0.1) is 10.2 Å². The first kappa shape index (κ1) is 24.0. The van der Waals surface area contributed by atoms with Gasteiger partial charge in [-0.25, -0.2) is 0 Å². The fraction of sp³-hybridized carbons (Fsp3) is 0.227. The van der Waals surface area contributed by atoms with Crippen LogP contribution in [0.5, 0.6) is 5.75 Å². The third kappa shape index (κ3) is 6.04. The number of carbonyl (C=O) groups excluding carboxylic acids is 3. The van der Waals surface area contributed by atoms with Crippen LogP contribution in [0.2, 0.25) is 5.02 Å². The van der Waals surface area contributed by atoms with Crippen LogP contribution in [0, 0.1) is 5.92 Å². The molecule has 0 radical (unpaired) electrons. The average Bonchev–Trinajstić information content (AvgIpc) is 3.44. The van der Waals surface area contributed by atoms with Gasteiger partial charge in [-0.2, -0.15) is 0 Å². The van der Waals surface area contributed by atoms with E-state index in [1.165, 1.54) is 23.1 Å². The second-order valence-corrected chi connectivity index (χ2v) is 9.95. The minimum absolute atomic E-state index is 0.113. The van der Waals surface area contributed by atoms with Crippen LogP contribution in [0.4, 0.5) is 16.5 Å². The second-order valence-electron chi connectivity index (χ2n) is 7.31. The van der Waals surface area contributed by atoms with Crippen molar-refractivity contribution in [2.45, 2.75) is 10.8 Å². The molecule has 1 aliphatic rings. The molecule has 2 N–H and O–H groups in total. The highest BCUT2D eigenvalue weighted by Gasteiger charge is 2.35. The molecule has 1 atom stereocenters. The first-order valence-electron chi connectivity index (χ1n) is 10.2. The van der Waals surface area contributed by atoms with Crippen LogP contribution in [-0.4, -0.2) is 47.3 Å². The summed E-state index contributed by atoms with van der Waals surface area (Å²) < 4.78 is 5.68. The Labute approximate surface area is 208 Å². The quantitative estimate of drug-likeness (QED) is 0.344. The molecule has 2 aromatic carbocycles. The predicted octanol–water partition coefficient (Wildman–Crippen LogP) is 3.92. The molecule has 1 fully saturated rings. The smallest absolute Gasteiger partial charge is 0.234 e. The van der Waals surface area contributed by atoms with Gasteiger partial charge in [0.05, 0.1) is 18.8 Å². The summed E-state index contributed by atoms with van der Waals surface area (Å²) in [7, 11) is 1.57. The van der Waals surface area contributed by atoms with E-state index >= 15 is 0 Å². The summed E-state index contributed by atoms with van der Waals surface area (Å²) in [5.74, 6) is -0.311. The van der Waals surface area contributed by atoms with E-state index in [2.05, 4.69) is 20.8 Å². The Bertz CT molecular complexity index is 1200. The van der Waals surface area contributed by atoms with Gasteiger partial charge >= 0.3 is 0 Å². The summed E-state index contributed by atoms with van der Waals surface area (Å²) in [6.45, 7) is 0.279. The van der Waals surface area contributed by atoms with E-state index in [0.29, 0.717) is 31.6 Å². The number of nitrogens with zero attached hydrogens (tertiary/aromatic N) is 3. The molecule has 1 unspecified atom stereocenters. The number of thioether (sulfide) groups is 1. The van der Waals surface area contributed by atoms with Crippen molar-refractivity contribution in [2.24, 2.45) is 5.92 Å². The largest absolute Gasteiger partial charge is 0.497 e. The van der Waals surface area contributed by atoms with Gasteiger partial charge in [-0.3, -0.25) is 14.4 Å². The number of nitrogens with one attached hydrogen (secondary N) is 2. The molecule has 0 aliphatic carbocycles. The number of halogens is 1. The Morgan fingerprint density at radius 3 is 2.74 bits per heavy atom. The van der Waals surface area contributed by atoms with Crippen molar-refractivity contribution in [2.75, 3.05) is 34.9 Å². The van der Waals surface area contributed by atoms with E-state index in [9.17, 15) is 14.4 Å². The number of methoxy groups -OCH3 is 1. The lowest BCUT2D eigenvalue weighted by Gasteiger charge is -2.16. The SMILES string of the molecule is COc1ccc(N2CC(C(=O)Nc3nnc(SCC(=O)Nc4cccc(Cl)c4)s3)CC2=O)cc1. The normalized spacial score (nSPS) is 15.3. The maximum Gasteiger partial charge on any atom is 0.234 e. The fourth-order valence-corrected chi connectivity index (χ4v) is 5.06. The molecule has 3 aromatic rings. The van der Waals surface area contributed by atoms with E-state index in [1.807, 2.05) is 0 Å². The zero-order valence-electron chi connectivity index (χ0n) is 18.0. The van der Waals surface area contributed by atoms with Gasteiger partial charge in [0.15, 0.2) is 4.34 Å². The molecule has 3 amide bonds. The van der Waals surface area contributed by atoms with E-state index in [0.717, 1.165) is 0 Å². The summed E-state index contributed by atoms with van der Waals surface area (Å²) in [5, 5.41) is 14.3. The number of anilines is 3. The Morgan fingerprint density at radius 2 is 2.00 bits per heavy atom. The van der Waals surface area contributed by atoms with Gasteiger partial charge in [0.1, 0.15) is 5.75 Å². The molecule has 4 rings (SSSR count). The number of ether oxygens (including phenoxy) is 1. The first-order chi connectivity index (χ1) is 16.4. The molecule has 0 bridgehead atoms. The van der Waals surface area contributed by atoms with Gasteiger partial charge in [-0.05, 0) is 42.5 Å². The van der Waals surface area contributed by atoms with Gasteiger partial charge in [0.2, 0.25) is 22.9 Å². The molecular weight excluding hydrogens is 498 g/mol. The fourth-order valence-electron chi connectivity index (χ4n) is 3.31. The molecule has 9 nitrogen and oxygen atoms in total. The van der Waals surface area contributed by atoms with Crippen molar-refractivity contribution >= 4 is 68.9 Å². The highest BCUT2D eigenvalue weighted by Crippen LogP contribution is 2.29. The number of carbonyl (C=O) groups is 3. The Balaban J connectivity index is 1.27. The van der Waals surface area contributed by atoms with Crippen molar-refractivity contribution in [1.29, 1.82) is 0 Å². The van der Waals surface area contributed by atoms with Crippen molar-refractivity contribution in [1.82, 2.24) is 10.2 Å². The number of amides is 3. The molecule has 1 aromatic heterocycles. The van der Waals surface area contributed by atoms with Crippen LogP contribution < -0.4 is 20.3 Å². The lowest BCUT2D eigenvalue weighted by atomic mass is 10.1. The van der Waals surface area contributed by atoms with Crippen LogP contribution in [-0.2, 0) is 14.4 Å². The van der Waals surface area contributed by atoms with E-state index in [4.69, 9.17) is 16.3 Å². The molecule has 34 heavy (non-hydrogen) atoms. The minimum atomic E-state index is -0.502. The van der Waals surface area contributed by atoms with Crippen LogP contribution in [0.3, 0.4) is 0 Å². The van der Waals surface area contributed by atoms with Crippen LogP contribution >= 0.6 is 34.7 Å². The van der Waals surface area contributed by atoms with Crippen LogP contribution in [0.1, 0.15) is 6.42 Å². The monoisotopic (exact) mass is 517 g/mol. The average molecular weight is 518 g/mol. The Morgan fingerprint density at radius 1 is 1.21 bits per heavy atom. The molecular formula is C22H20ClN5O4S2. The second kappa shape index (κ2) is 10.9. The minimum Gasteiger partial charge on any atom is -0.497 e. The zero-order chi connectivity index (χ0) is 24.1. The highest BCUT2D eigenvalue weighted by atomic mass is 35.5. The maximum absolute atomic E-state index is 12.7. The van der Waals surface area contributed by atoms with Crippen molar-refractivity contribution in [3.8, 4) is 5.75 Å². The molecule has 0 spiro atoms. The van der Waals surface area contributed by atoms with Crippen molar-refractivity contribution in [3.63, 3.8) is 0 Å².